The average Bonchev–Trinajstić information content (AvgIpc) is 3.03. The number of hydrogen-bond donors (Lipinski definition) is 1. The minimum absolute atomic E-state index is 0.767. The van der Waals surface area contributed by atoms with Gasteiger partial charge in [0.05, 0.1) is 17.1 Å². The van der Waals surface area contributed by atoms with Gasteiger partial charge in [-0.25, -0.2) is 4.98 Å². The van der Waals surface area contributed by atoms with E-state index in [0.29, 0.717) is 0 Å². The van der Waals surface area contributed by atoms with E-state index in [0.717, 1.165) is 27.8 Å². The Labute approximate surface area is 146 Å². The topological polar surface area (TPSA) is 50.2 Å². The Kier molecular flexibility index (Phi) is 4.79. The zero-order valence-electron chi connectivity index (χ0n) is 11.8. The molecule has 0 bridgehead atoms. The number of nitrogens with zero attached hydrogens (tertiary/aromatic N) is 3. The Morgan fingerprint density at radius 2 is 2.00 bits per heavy atom. The first-order chi connectivity index (χ1) is 10.7. The molecule has 0 aliphatic heterocycles. The Hall–Kier alpha value is -1.80. The van der Waals surface area contributed by atoms with Crippen LogP contribution in [-0.2, 0) is 0 Å². The largest absolute Gasteiger partial charge is 0.255 e. The lowest BCUT2D eigenvalue weighted by Gasteiger charge is -2.00. The molecule has 0 atom stereocenters. The molecule has 4 nitrogen and oxygen atoms in total. The van der Waals surface area contributed by atoms with E-state index in [1.807, 2.05) is 30.5 Å². The molecule has 0 saturated heterocycles. The summed E-state index contributed by atoms with van der Waals surface area (Å²) in [5.74, 6) is 0. The molecule has 1 N–H and O–H groups in total. The van der Waals surface area contributed by atoms with E-state index < -0.39 is 0 Å². The molecular weight excluding hydrogens is 407 g/mol. The smallest absolute Gasteiger partial charge is 0.203 e. The van der Waals surface area contributed by atoms with Crippen molar-refractivity contribution in [3.05, 3.63) is 63.3 Å². The van der Waals surface area contributed by atoms with Gasteiger partial charge in [0.1, 0.15) is 0 Å². The molecule has 2 aromatic heterocycles. The van der Waals surface area contributed by atoms with E-state index in [4.69, 9.17) is 0 Å². The van der Waals surface area contributed by atoms with Crippen LogP contribution in [-0.4, -0.2) is 15.7 Å². The summed E-state index contributed by atoms with van der Waals surface area (Å²) in [5, 5.41) is 7.13. The Bertz CT molecular complexity index is 781. The molecule has 0 radical (unpaired) electrons. The van der Waals surface area contributed by atoms with E-state index in [9.17, 15) is 0 Å². The van der Waals surface area contributed by atoms with Gasteiger partial charge < -0.3 is 0 Å². The number of hydrazone groups is 1. The molecule has 110 valence electrons. The van der Waals surface area contributed by atoms with E-state index in [2.05, 4.69) is 67.4 Å². The Balaban J connectivity index is 1.73. The average molecular weight is 420 g/mol. The molecule has 0 saturated carbocycles. The standard InChI is InChI=1S/C16H13IN4S/c1-11(14-4-2-3-9-18-14)20-21-16-19-15(10-22-16)12-5-7-13(17)8-6-12/h2-10H,1H3,(H,19,21)/b20-11-. The second kappa shape index (κ2) is 6.97. The van der Waals surface area contributed by atoms with Crippen LogP contribution in [0.5, 0.6) is 0 Å². The number of anilines is 1. The predicted molar refractivity (Wildman–Crippen MR) is 100 cm³/mol. The fraction of sp³-hybridized carbons (Fsp3) is 0.0625. The molecule has 0 aliphatic rings. The normalized spacial score (nSPS) is 11.5. The maximum absolute atomic E-state index is 4.55. The fourth-order valence-electron chi connectivity index (χ4n) is 1.84. The third kappa shape index (κ3) is 3.69. The molecule has 3 aromatic rings. The highest BCUT2D eigenvalue weighted by atomic mass is 127. The number of benzene rings is 1. The van der Waals surface area contributed by atoms with Gasteiger partial charge in [0, 0.05) is 20.7 Å². The summed E-state index contributed by atoms with van der Waals surface area (Å²) in [6, 6.07) is 14.1. The number of halogens is 1. The third-order valence-corrected chi connectivity index (χ3v) is 4.47. The van der Waals surface area contributed by atoms with Gasteiger partial charge in [-0.1, -0.05) is 18.2 Å². The molecule has 0 fully saturated rings. The van der Waals surface area contributed by atoms with Crippen LogP contribution < -0.4 is 5.43 Å². The highest BCUT2D eigenvalue weighted by molar-refractivity contribution is 14.1. The summed E-state index contributed by atoms with van der Waals surface area (Å²) < 4.78 is 1.21. The van der Waals surface area contributed by atoms with E-state index >= 15 is 0 Å². The van der Waals surface area contributed by atoms with Gasteiger partial charge in [-0.15, -0.1) is 11.3 Å². The van der Waals surface area contributed by atoms with Crippen molar-refractivity contribution in [1.82, 2.24) is 9.97 Å². The van der Waals surface area contributed by atoms with Crippen molar-refractivity contribution in [1.29, 1.82) is 0 Å². The number of hydrogen-bond acceptors (Lipinski definition) is 5. The quantitative estimate of drug-likeness (QED) is 0.380. The minimum Gasteiger partial charge on any atom is -0.255 e. The van der Waals surface area contributed by atoms with Crippen LogP contribution in [0.15, 0.2) is 59.1 Å². The first-order valence-corrected chi connectivity index (χ1v) is 8.61. The lowest BCUT2D eigenvalue weighted by molar-refractivity contribution is 1.23. The van der Waals surface area contributed by atoms with Gasteiger partial charge in [-0.05, 0) is 53.8 Å². The summed E-state index contributed by atoms with van der Waals surface area (Å²) in [4.78, 5) is 8.82. The maximum Gasteiger partial charge on any atom is 0.203 e. The van der Waals surface area contributed by atoms with Crippen molar-refractivity contribution in [3.8, 4) is 11.3 Å². The van der Waals surface area contributed by atoms with Gasteiger partial charge in [0.2, 0.25) is 5.13 Å². The summed E-state index contributed by atoms with van der Waals surface area (Å²) in [7, 11) is 0. The highest BCUT2D eigenvalue weighted by Gasteiger charge is 2.04. The Morgan fingerprint density at radius 3 is 2.73 bits per heavy atom. The molecule has 2 heterocycles. The minimum atomic E-state index is 0.767. The van der Waals surface area contributed by atoms with E-state index in [-0.39, 0.29) is 0 Å². The van der Waals surface area contributed by atoms with Crippen LogP contribution in [0.25, 0.3) is 11.3 Å². The van der Waals surface area contributed by atoms with Crippen LogP contribution >= 0.6 is 33.9 Å². The first-order valence-electron chi connectivity index (χ1n) is 6.65. The van der Waals surface area contributed by atoms with Crippen molar-refractivity contribution < 1.29 is 0 Å². The van der Waals surface area contributed by atoms with Gasteiger partial charge in [0.25, 0.3) is 0 Å². The molecule has 22 heavy (non-hydrogen) atoms. The lowest BCUT2D eigenvalue weighted by atomic mass is 10.2. The summed E-state index contributed by atoms with van der Waals surface area (Å²) >= 11 is 3.83. The zero-order chi connectivity index (χ0) is 15.4. The fourth-order valence-corrected chi connectivity index (χ4v) is 2.87. The Morgan fingerprint density at radius 1 is 1.18 bits per heavy atom. The van der Waals surface area contributed by atoms with E-state index in [1.165, 1.54) is 14.9 Å². The third-order valence-electron chi connectivity index (χ3n) is 3.00. The first kappa shape index (κ1) is 15.1. The lowest BCUT2D eigenvalue weighted by Crippen LogP contribution is -2.01. The predicted octanol–water partition coefficient (Wildman–Crippen LogP) is 4.65. The zero-order valence-corrected chi connectivity index (χ0v) is 14.8. The SMILES string of the molecule is C/C(=N/Nc1nc(-c2ccc(I)cc2)cs1)c1ccccn1. The molecule has 0 aliphatic carbocycles. The number of pyridine rings is 1. The summed E-state index contributed by atoms with van der Waals surface area (Å²) in [6.07, 6.45) is 1.76. The monoisotopic (exact) mass is 420 g/mol. The van der Waals surface area contributed by atoms with Crippen molar-refractivity contribution >= 4 is 44.8 Å². The highest BCUT2D eigenvalue weighted by Crippen LogP contribution is 2.25. The van der Waals surface area contributed by atoms with Gasteiger partial charge in [-0.3, -0.25) is 10.4 Å². The number of thiazole rings is 1. The number of rotatable bonds is 4. The molecule has 0 amide bonds. The van der Waals surface area contributed by atoms with Crippen molar-refractivity contribution in [3.63, 3.8) is 0 Å². The van der Waals surface area contributed by atoms with Gasteiger partial charge in [0.15, 0.2) is 0 Å². The van der Waals surface area contributed by atoms with Crippen molar-refractivity contribution in [2.75, 3.05) is 5.43 Å². The molecule has 1 aromatic carbocycles. The summed E-state index contributed by atoms with van der Waals surface area (Å²) in [5.41, 5.74) is 6.74. The maximum atomic E-state index is 4.55. The molecular formula is C16H13IN4S. The number of nitrogens with one attached hydrogen (secondary N) is 1. The van der Waals surface area contributed by atoms with Crippen LogP contribution in [0, 0.1) is 3.57 Å². The molecule has 0 spiro atoms. The van der Waals surface area contributed by atoms with Crippen LogP contribution in [0.4, 0.5) is 5.13 Å². The number of aromatic nitrogens is 2. The van der Waals surface area contributed by atoms with E-state index in [1.54, 1.807) is 6.20 Å². The van der Waals surface area contributed by atoms with Crippen LogP contribution in [0.2, 0.25) is 0 Å². The second-order valence-electron chi connectivity index (χ2n) is 4.57. The molecule has 6 heteroatoms. The molecule has 0 unspecified atom stereocenters. The van der Waals surface area contributed by atoms with Crippen LogP contribution in [0.3, 0.4) is 0 Å². The van der Waals surface area contributed by atoms with Gasteiger partial charge >= 0.3 is 0 Å². The molecule has 3 rings (SSSR count). The summed E-state index contributed by atoms with van der Waals surface area (Å²) in [6.45, 7) is 1.92. The van der Waals surface area contributed by atoms with Crippen molar-refractivity contribution in [2.45, 2.75) is 6.92 Å². The van der Waals surface area contributed by atoms with Crippen LogP contribution in [0.1, 0.15) is 12.6 Å². The van der Waals surface area contributed by atoms with Crippen molar-refractivity contribution in [2.24, 2.45) is 5.10 Å². The van der Waals surface area contributed by atoms with Gasteiger partial charge in [-0.2, -0.15) is 5.10 Å². The second-order valence-corrected chi connectivity index (χ2v) is 6.67.